The van der Waals surface area contributed by atoms with Crippen LogP contribution in [-0.4, -0.2) is 498 Å². The summed E-state index contributed by atoms with van der Waals surface area (Å²) in [7, 11) is 21.1. The maximum Gasteiger partial charge on any atom is 0.410 e. The van der Waals surface area contributed by atoms with Gasteiger partial charge < -0.3 is 97.4 Å². The maximum atomic E-state index is 11.9. The summed E-state index contributed by atoms with van der Waals surface area (Å²) in [5.41, 5.74) is 0.0949. The molecule has 35 nitrogen and oxygen atoms in total. The first-order valence-corrected chi connectivity index (χ1v) is 51.2. The average molecular weight is 1860 g/mol. The number of rotatable bonds is 13. The van der Waals surface area contributed by atoms with E-state index in [9.17, 15) is 43.2 Å². The number of hydrogen-bond donors (Lipinski definition) is 1. The Bertz CT molecular complexity index is 3390. The van der Waals surface area contributed by atoms with Crippen molar-refractivity contribution in [3.05, 3.63) is 0 Å². The van der Waals surface area contributed by atoms with Gasteiger partial charge in [-0.05, 0) is 356 Å². The molecular weight excluding hydrogens is 1690 g/mol. The highest BCUT2D eigenvalue weighted by molar-refractivity contribution is 5.80. The molecule has 1 N–H and O–H groups in total. The van der Waals surface area contributed by atoms with E-state index in [-0.39, 0.29) is 78.3 Å². The SMILES string of the molecule is CC(C)[C@@H]1COC(=O)N1C1CCN(C)CC1.CC(C)[C@H]1COC(=O)N1C1CCN(C)CC1.CC[C@@H]1COC(=O)N1C1CCN(C)CC1.CC[C@H]1COC(=O)N1C1CCN(C)CC1.CN1CCC(N2C(=O)CCC2(C)C)CC1.CN1CCC(N2CCN(C)C2=O)CC1.CN1CCC(N2CCNC2=O)CC1.C[C@@H]1COC(=O)N1C1CCN(C)CC1.C[C@H]1COC(=O)N1C1CCN(C)CC1. The Labute approximate surface area is 793 Å². The molecule has 0 aromatic carbocycles. The molecule has 0 saturated carbocycles. The first-order chi connectivity index (χ1) is 62.9. The summed E-state index contributed by atoms with van der Waals surface area (Å²) in [5.74, 6) is 1.33. The van der Waals surface area contributed by atoms with Crippen LogP contribution in [-0.2, 0) is 33.2 Å². The minimum Gasteiger partial charge on any atom is -0.447 e. The van der Waals surface area contributed by atoms with Crippen LogP contribution in [0.4, 0.5) is 38.4 Å². The molecule has 11 amide bonds. The van der Waals surface area contributed by atoms with Gasteiger partial charge in [-0.1, -0.05) is 41.5 Å². The monoisotopic (exact) mass is 1860 g/mol. The molecule has 0 bridgehead atoms. The van der Waals surface area contributed by atoms with Crippen LogP contribution in [0.2, 0.25) is 0 Å². The predicted octanol–water partition coefficient (Wildman–Crippen LogP) is 9.62. The molecule has 6 atom stereocenters. The van der Waals surface area contributed by atoms with E-state index in [4.69, 9.17) is 28.4 Å². The highest BCUT2D eigenvalue weighted by Gasteiger charge is 2.47. The fourth-order valence-corrected chi connectivity index (χ4v) is 22.3. The molecule has 0 radical (unpaired) electrons. The lowest BCUT2D eigenvalue weighted by Crippen LogP contribution is -2.51. The second kappa shape index (κ2) is 51.6. The number of amides is 11. The summed E-state index contributed by atoms with van der Waals surface area (Å²) >= 11 is 0. The Balaban J connectivity index is 0.000000154. The zero-order valence-corrected chi connectivity index (χ0v) is 85.3. The van der Waals surface area contributed by atoms with E-state index in [0.29, 0.717) is 124 Å². The van der Waals surface area contributed by atoms with Crippen LogP contribution < -0.4 is 5.32 Å². The second-order valence-electron chi connectivity index (χ2n) is 42.6. The van der Waals surface area contributed by atoms with Crippen LogP contribution in [0.1, 0.15) is 210 Å². The number of carbonyl (C=O) groups is 9. The summed E-state index contributed by atoms with van der Waals surface area (Å²) in [5, 5.41) is 2.85. The van der Waals surface area contributed by atoms with Gasteiger partial charge in [0.2, 0.25) is 5.91 Å². The van der Waals surface area contributed by atoms with E-state index in [0.717, 1.165) is 285 Å². The topological polar surface area (TPSA) is 283 Å². The van der Waals surface area contributed by atoms with Crippen LogP contribution >= 0.6 is 0 Å². The van der Waals surface area contributed by atoms with Crippen LogP contribution in [0, 0.1) is 11.8 Å². The third-order valence-electron chi connectivity index (χ3n) is 31.5. The number of nitrogens with zero attached hydrogens (tertiary/aromatic N) is 19. The number of cyclic esters (lactones) is 6. The van der Waals surface area contributed by atoms with Crippen LogP contribution in [0.5, 0.6) is 0 Å². The molecule has 18 rings (SSSR count). The Morgan fingerprint density at radius 1 is 0.311 bits per heavy atom. The third-order valence-corrected chi connectivity index (χ3v) is 31.5. The van der Waals surface area contributed by atoms with Crippen molar-refractivity contribution in [3.63, 3.8) is 0 Å². The first kappa shape index (κ1) is 107. The van der Waals surface area contributed by atoms with Crippen molar-refractivity contribution in [2.45, 2.75) is 307 Å². The second-order valence-corrected chi connectivity index (χ2v) is 42.6. The Kier molecular flexibility index (Phi) is 42.0. The average Bonchev–Trinajstić information content (AvgIpc) is 1.50. The summed E-state index contributed by atoms with van der Waals surface area (Å²) in [6.45, 7) is 48.1. The lowest BCUT2D eigenvalue weighted by atomic mass is 9.96. The number of nitrogens with one attached hydrogen (secondary N) is 1. The van der Waals surface area contributed by atoms with E-state index in [1.165, 1.54) is 0 Å². The van der Waals surface area contributed by atoms with E-state index < -0.39 is 0 Å². The van der Waals surface area contributed by atoms with Gasteiger partial charge >= 0.3 is 48.6 Å². The molecule has 18 fully saturated rings. The van der Waals surface area contributed by atoms with Crippen molar-refractivity contribution < 1.29 is 71.6 Å². The lowest BCUT2D eigenvalue weighted by Gasteiger charge is -2.42. The molecule has 35 heteroatoms. The number of ether oxygens (including phenoxy) is 6. The molecule has 756 valence electrons. The van der Waals surface area contributed by atoms with Crippen molar-refractivity contribution in [1.82, 2.24) is 98.4 Å². The van der Waals surface area contributed by atoms with E-state index in [1.54, 1.807) is 0 Å². The quantitative estimate of drug-likeness (QED) is 0.168. The molecule has 18 heterocycles. The molecule has 18 saturated heterocycles. The van der Waals surface area contributed by atoms with Crippen molar-refractivity contribution in [2.24, 2.45) is 11.8 Å². The van der Waals surface area contributed by atoms with Crippen LogP contribution in [0.25, 0.3) is 0 Å². The molecule has 0 unspecified atom stereocenters. The highest BCUT2D eigenvalue weighted by atomic mass is 16.6. The van der Waals surface area contributed by atoms with Gasteiger partial charge in [0.1, 0.15) is 39.6 Å². The molecule has 132 heavy (non-hydrogen) atoms. The van der Waals surface area contributed by atoms with Gasteiger partial charge in [-0.3, -0.25) is 34.2 Å². The van der Waals surface area contributed by atoms with Gasteiger partial charge in [0.15, 0.2) is 0 Å². The molecule has 18 aliphatic heterocycles. The van der Waals surface area contributed by atoms with E-state index in [2.05, 4.69) is 187 Å². The molecule has 0 aliphatic carbocycles. The van der Waals surface area contributed by atoms with Gasteiger partial charge in [-0.2, -0.15) is 0 Å². The smallest absolute Gasteiger partial charge is 0.410 e. The van der Waals surface area contributed by atoms with Gasteiger partial charge in [0.05, 0.1) is 36.3 Å². The number of carbonyl (C=O) groups excluding carboxylic acids is 9. The number of piperidine rings is 9. The largest absolute Gasteiger partial charge is 0.447 e. The minimum atomic E-state index is -0.118. The first-order valence-electron chi connectivity index (χ1n) is 51.2. The predicted molar refractivity (Wildman–Crippen MR) is 513 cm³/mol. The lowest BCUT2D eigenvalue weighted by molar-refractivity contribution is -0.134. The fourth-order valence-electron chi connectivity index (χ4n) is 22.3. The van der Waals surface area contributed by atoms with Crippen LogP contribution in [0.15, 0.2) is 0 Å². The van der Waals surface area contributed by atoms with E-state index >= 15 is 0 Å². The number of likely N-dealkylation sites (tertiary alicyclic amines) is 10. The van der Waals surface area contributed by atoms with Crippen LogP contribution in [0.3, 0.4) is 0 Å². The highest BCUT2D eigenvalue weighted by Crippen LogP contribution is 2.37. The zero-order chi connectivity index (χ0) is 95.8. The zero-order valence-electron chi connectivity index (χ0n) is 85.3. The molecular formula is C97H178N20O15. The summed E-state index contributed by atoms with van der Waals surface area (Å²) < 4.78 is 30.7. The van der Waals surface area contributed by atoms with E-state index in [1.807, 2.05) is 51.1 Å². The normalized spacial score (nSPS) is 28.9. The molecule has 0 aromatic heterocycles. The molecule has 0 spiro atoms. The van der Waals surface area contributed by atoms with Crippen molar-refractivity contribution >= 4 is 54.5 Å². The summed E-state index contributed by atoms with van der Waals surface area (Å²) in [6, 6.07) is 5.90. The van der Waals surface area contributed by atoms with Gasteiger partial charge in [0.25, 0.3) is 0 Å². The number of urea groups is 2. The Morgan fingerprint density at radius 2 is 0.568 bits per heavy atom. The summed E-state index contributed by atoms with van der Waals surface area (Å²) in [4.78, 5) is 145. The standard InChI is InChI=1S/2C12H22N2O2.C12H22N2O.2C11H20N2O2.C10H19N3O.2C10H18N2O2.C9H17N3O/c2*1-9(2)11-8-16-12(15)14(11)10-4-6-13(3)7-5-10;1-12(2)7-4-11(15)14(12)10-5-8-13(3)9-6-10;2*1-3-9-8-15-11(14)13(9)10-4-6-12(2)7-5-10;1-11-5-3-9(4-6-11)13-8-7-12(2)10(13)14;2*1-8-7-14-10(13)12(8)9-3-5-11(2)6-4-9;1-11-5-2-8(3-6-11)12-7-4-10-9(12)13/h2*9-11H,4-8H2,1-3H3;10H,4-9H2,1-3H3;2*9-10H,3-8H2,1-2H3;9H,3-8H2,1-2H3;2*8-9H,3-7H2,1-2H3;8H,2-7H2,1H3,(H,10,13)/t2*11-;;2*9-;;2*8-;/m10.10.10./s1. The third kappa shape index (κ3) is 29.9. The summed E-state index contributed by atoms with van der Waals surface area (Å²) in [6.07, 6.45) is 22.9. The van der Waals surface area contributed by atoms with Gasteiger partial charge in [-0.25, -0.2) is 38.4 Å². The Hall–Kier alpha value is -6.73. The van der Waals surface area contributed by atoms with Gasteiger partial charge in [0, 0.05) is 99.6 Å². The van der Waals surface area contributed by atoms with Crippen molar-refractivity contribution in [3.8, 4) is 0 Å². The minimum absolute atomic E-state index is 0.0949. The Morgan fingerprint density at radius 3 is 0.818 bits per heavy atom. The number of likely N-dealkylation sites (N-methyl/N-ethyl adjacent to an activating group) is 1. The molecule has 0 aromatic rings. The number of hydrogen-bond acceptors (Lipinski definition) is 24. The molecule has 18 aliphatic rings. The maximum absolute atomic E-state index is 11.9. The van der Waals surface area contributed by atoms with Gasteiger partial charge in [-0.15, -0.1) is 0 Å². The fraction of sp³-hybridized carbons (Fsp3) is 0.907. The van der Waals surface area contributed by atoms with Crippen molar-refractivity contribution in [2.75, 3.05) is 254 Å². The van der Waals surface area contributed by atoms with Crippen molar-refractivity contribution in [1.29, 1.82) is 0 Å².